The van der Waals surface area contributed by atoms with Gasteiger partial charge in [-0.2, -0.15) is 0 Å². The van der Waals surface area contributed by atoms with E-state index in [1.165, 1.54) is 0 Å². The number of nitrogens with one attached hydrogen (secondary N) is 2. The first-order valence-corrected chi connectivity index (χ1v) is 8.34. The topological polar surface area (TPSA) is 73.8 Å². The molecule has 6 nitrogen and oxygen atoms in total. The van der Waals surface area contributed by atoms with Gasteiger partial charge in [-0.15, -0.1) is 6.58 Å². The van der Waals surface area contributed by atoms with Gasteiger partial charge < -0.3 is 10.2 Å². The summed E-state index contributed by atoms with van der Waals surface area (Å²) >= 11 is 0. The van der Waals surface area contributed by atoms with Crippen molar-refractivity contribution in [1.82, 2.24) is 14.9 Å². The third kappa shape index (κ3) is 10.5. The zero-order chi connectivity index (χ0) is 14.7. The first-order chi connectivity index (χ1) is 8.90. The molecule has 19 heavy (non-hydrogen) atoms. The lowest BCUT2D eigenvalue weighted by molar-refractivity contribution is 0.470. The minimum Gasteiger partial charge on any atom is -0.357 e. The molecule has 0 unspecified atom stereocenters. The quantitative estimate of drug-likeness (QED) is 0.279. The van der Waals surface area contributed by atoms with Gasteiger partial charge in [0, 0.05) is 26.7 Å². The van der Waals surface area contributed by atoms with Gasteiger partial charge in [-0.05, 0) is 19.8 Å². The van der Waals surface area contributed by atoms with Crippen molar-refractivity contribution in [3.63, 3.8) is 0 Å². The second-order valence-corrected chi connectivity index (χ2v) is 6.09. The number of guanidine groups is 1. The molecule has 0 saturated carbocycles. The lowest BCUT2D eigenvalue weighted by atomic mass is 10.3. The van der Waals surface area contributed by atoms with Gasteiger partial charge in [0.05, 0.1) is 12.8 Å². The highest BCUT2D eigenvalue weighted by atomic mass is 32.2. The van der Waals surface area contributed by atoms with E-state index in [1.807, 2.05) is 24.9 Å². The molecule has 0 spiro atoms. The molecule has 0 saturated heterocycles. The molecule has 7 heteroatoms. The number of rotatable bonds is 9. The Morgan fingerprint density at radius 3 is 2.68 bits per heavy atom. The summed E-state index contributed by atoms with van der Waals surface area (Å²) in [7, 11) is -1.17. The minimum absolute atomic E-state index is 0.314. The van der Waals surface area contributed by atoms with E-state index in [9.17, 15) is 8.42 Å². The Balaban J connectivity index is 4.24. The van der Waals surface area contributed by atoms with E-state index >= 15 is 0 Å². The summed E-state index contributed by atoms with van der Waals surface area (Å²) in [5.74, 6) is 0.793. The van der Waals surface area contributed by atoms with Crippen LogP contribution < -0.4 is 10.0 Å². The van der Waals surface area contributed by atoms with E-state index < -0.39 is 10.0 Å². The molecule has 0 rings (SSSR count). The third-order valence-electron chi connectivity index (χ3n) is 2.34. The van der Waals surface area contributed by atoms with Crippen LogP contribution in [-0.4, -0.2) is 58.8 Å². The molecule has 0 aliphatic heterocycles. The van der Waals surface area contributed by atoms with Gasteiger partial charge in [0.25, 0.3) is 0 Å². The van der Waals surface area contributed by atoms with Crippen LogP contribution in [-0.2, 0) is 10.0 Å². The number of sulfonamides is 1. The molecule has 112 valence electrons. The molecular formula is C12H26N4O2S. The molecule has 0 aromatic carbocycles. The van der Waals surface area contributed by atoms with Gasteiger partial charge in [0.15, 0.2) is 5.96 Å². The molecule has 0 aliphatic rings. The van der Waals surface area contributed by atoms with Crippen molar-refractivity contribution in [3.05, 3.63) is 12.7 Å². The number of allylic oxidation sites excluding steroid dienone is 1. The Hall–Kier alpha value is -1.08. The molecule has 0 aromatic heterocycles. The van der Waals surface area contributed by atoms with Crippen molar-refractivity contribution >= 4 is 16.0 Å². The normalized spacial score (nSPS) is 12.3. The van der Waals surface area contributed by atoms with Gasteiger partial charge in [-0.25, -0.2) is 13.1 Å². The summed E-state index contributed by atoms with van der Waals surface area (Å²) < 4.78 is 24.2. The van der Waals surface area contributed by atoms with Crippen molar-refractivity contribution in [3.8, 4) is 0 Å². The molecule has 0 aliphatic carbocycles. The van der Waals surface area contributed by atoms with Crippen LogP contribution in [0.3, 0.4) is 0 Å². The van der Waals surface area contributed by atoms with Crippen LogP contribution in [0.2, 0.25) is 0 Å². The molecule has 0 fully saturated rings. The summed E-state index contributed by atoms with van der Waals surface area (Å²) in [6, 6.07) is 0. The van der Waals surface area contributed by atoms with E-state index in [1.54, 1.807) is 0 Å². The summed E-state index contributed by atoms with van der Waals surface area (Å²) in [6.07, 6.45) is 5.03. The van der Waals surface area contributed by atoms with E-state index in [-0.39, 0.29) is 0 Å². The molecule has 0 atom stereocenters. The second kappa shape index (κ2) is 9.80. The monoisotopic (exact) mass is 290 g/mol. The van der Waals surface area contributed by atoms with Crippen LogP contribution in [0.25, 0.3) is 0 Å². The van der Waals surface area contributed by atoms with Crippen LogP contribution in [0, 0.1) is 0 Å². The van der Waals surface area contributed by atoms with Crippen LogP contribution in [0.5, 0.6) is 0 Å². The Morgan fingerprint density at radius 1 is 1.47 bits per heavy atom. The third-order valence-corrected chi connectivity index (χ3v) is 3.06. The predicted octanol–water partition coefficient (Wildman–Crippen LogP) is 0.399. The Labute approximate surface area is 117 Å². The van der Waals surface area contributed by atoms with Crippen LogP contribution in [0.1, 0.15) is 19.8 Å². The number of hydrogen-bond acceptors (Lipinski definition) is 3. The van der Waals surface area contributed by atoms with E-state index in [2.05, 4.69) is 21.6 Å². The number of aliphatic imine (C=N–C) groups is 1. The summed E-state index contributed by atoms with van der Waals surface area (Å²) in [6.45, 7) is 8.09. The standard InChI is InChI=1S/C12H26N4O2S/c1-5-7-8-11-16(3)12(13-6-2)14-9-10-15-19(4,17)18/h5,15H,1,6-11H2,2-4H3,(H,13,14). The van der Waals surface area contributed by atoms with Gasteiger partial charge >= 0.3 is 0 Å². The van der Waals surface area contributed by atoms with Gasteiger partial charge in [-0.3, -0.25) is 4.99 Å². The Bertz CT molecular complexity index is 379. The maximum atomic E-state index is 10.9. The number of unbranched alkanes of at least 4 members (excludes halogenated alkanes) is 1. The van der Waals surface area contributed by atoms with Crippen LogP contribution in [0.4, 0.5) is 0 Å². The molecule has 0 radical (unpaired) electrons. The molecule has 2 N–H and O–H groups in total. The van der Waals surface area contributed by atoms with Crippen LogP contribution >= 0.6 is 0 Å². The van der Waals surface area contributed by atoms with Crippen LogP contribution in [0.15, 0.2) is 17.6 Å². The second-order valence-electron chi connectivity index (χ2n) is 4.25. The van der Waals surface area contributed by atoms with E-state index in [0.29, 0.717) is 13.1 Å². The summed E-state index contributed by atoms with van der Waals surface area (Å²) in [5, 5.41) is 3.18. The first-order valence-electron chi connectivity index (χ1n) is 6.45. The average molecular weight is 290 g/mol. The lowest BCUT2D eigenvalue weighted by Gasteiger charge is -2.21. The van der Waals surface area contributed by atoms with Crippen molar-refractivity contribution in [1.29, 1.82) is 0 Å². The molecule has 0 amide bonds. The molecule has 0 heterocycles. The fourth-order valence-electron chi connectivity index (χ4n) is 1.44. The first kappa shape index (κ1) is 17.9. The van der Waals surface area contributed by atoms with Crippen molar-refractivity contribution < 1.29 is 8.42 Å². The Kier molecular flexibility index (Phi) is 9.24. The zero-order valence-electron chi connectivity index (χ0n) is 12.1. The Morgan fingerprint density at radius 2 is 2.16 bits per heavy atom. The van der Waals surface area contributed by atoms with Gasteiger partial charge in [0.1, 0.15) is 0 Å². The molecule has 0 bridgehead atoms. The van der Waals surface area contributed by atoms with Gasteiger partial charge in [-0.1, -0.05) is 6.08 Å². The summed E-state index contributed by atoms with van der Waals surface area (Å²) in [5.41, 5.74) is 0. The number of nitrogens with zero attached hydrogens (tertiary/aromatic N) is 2. The smallest absolute Gasteiger partial charge is 0.208 e. The highest BCUT2D eigenvalue weighted by molar-refractivity contribution is 7.88. The summed E-state index contributed by atoms with van der Waals surface area (Å²) in [4.78, 5) is 6.41. The fraction of sp³-hybridized carbons (Fsp3) is 0.750. The molecular weight excluding hydrogens is 264 g/mol. The SMILES string of the molecule is C=CCCCN(C)C(=NCCNS(C)(=O)=O)NCC. The van der Waals surface area contributed by atoms with Crippen molar-refractivity contribution in [2.75, 3.05) is 39.5 Å². The number of hydrogen-bond donors (Lipinski definition) is 2. The predicted molar refractivity (Wildman–Crippen MR) is 80.9 cm³/mol. The highest BCUT2D eigenvalue weighted by Gasteiger charge is 2.04. The van der Waals surface area contributed by atoms with Crippen molar-refractivity contribution in [2.24, 2.45) is 4.99 Å². The maximum absolute atomic E-state index is 10.9. The molecule has 0 aromatic rings. The lowest BCUT2D eigenvalue weighted by Crippen LogP contribution is -2.40. The average Bonchev–Trinajstić information content (AvgIpc) is 2.32. The van der Waals surface area contributed by atoms with Gasteiger partial charge in [0.2, 0.25) is 10.0 Å². The minimum atomic E-state index is -3.14. The largest absolute Gasteiger partial charge is 0.357 e. The fourth-order valence-corrected chi connectivity index (χ4v) is 1.90. The van der Waals surface area contributed by atoms with E-state index in [0.717, 1.165) is 38.1 Å². The highest BCUT2D eigenvalue weighted by Crippen LogP contribution is 1.94. The maximum Gasteiger partial charge on any atom is 0.208 e. The zero-order valence-corrected chi connectivity index (χ0v) is 13.0. The van der Waals surface area contributed by atoms with Crippen molar-refractivity contribution in [2.45, 2.75) is 19.8 Å². The van der Waals surface area contributed by atoms with E-state index in [4.69, 9.17) is 0 Å².